The second kappa shape index (κ2) is 49.3. The van der Waals surface area contributed by atoms with E-state index in [1.165, 1.54) is 0 Å². The summed E-state index contributed by atoms with van der Waals surface area (Å²) in [5.74, 6) is 12.1. The first kappa shape index (κ1) is 98.0. The summed E-state index contributed by atoms with van der Waals surface area (Å²) in [5, 5.41) is 29.7. The van der Waals surface area contributed by atoms with Crippen LogP contribution in [0.1, 0.15) is 43.0 Å². The van der Waals surface area contributed by atoms with Gasteiger partial charge in [-0.2, -0.15) is 0 Å². The normalized spacial score (nSPS) is 15.0. The molecule has 5 fully saturated rings. The fourth-order valence-corrected chi connectivity index (χ4v) is 20.0. The summed E-state index contributed by atoms with van der Waals surface area (Å²) < 4.78 is 25.1. The third-order valence-corrected chi connectivity index (χ3v) is 28.0. The molecule has 0 atom stereocenters. The first-order valence-corrected chi connectivity index (χ1v) is 50.2. The molecule has 5 saturated heterocycles. The molecule has 43 heteroatoms. The summed E-state index contributed by atoms with van der Waals surface area (Å²) in [6, 6.07) is 29.6. The number of hydrogen-bond donors (Lipinski definition) is 6. The number of β-amino-alcohol motifs (C(OH)–C–C–N with tert-alkyl or cyclic N) is 1. The van der Waals surface area contributed by atoms with Crippen molar-refractivity contribution >= 4 is 141 Å². The molecule has 0 spiro atoms. The number of piperazine rings is 5. The lowest BCUT2D eigenvalue weighted by Crippen LogP contribution is -2.47. The Labute approximate surface area is 821 Å². The minimum atomic E-state index is -0.296. The zero-order valence-electron chi connectivity index (χ0n) is 78.3. The Balaban J connectivity index is 0.000000125. The average molecular weight is 1960 g/mol. The molecule has 15 aromatic rings. The van der Waals surface area contributed by atoms with Crippen LogP contribution in [0.5, 0.6) is 0 Å². The van der Waals surface area contributed by atoms with Gasteiger partial charge in [-0.05, 0) is 113 Å². The van der Waals surface area contributed by atoms with Crippen LogP contribution >= 0.6 is 56.7 Å². The Kier molecular flexibility index (Phi) is 35.0. The van der Waals surface area contributed by atoms with Crippen molar-refractivity contribution in [1.29, 1.82) is 0 Å². The molecule has 138 heavy (non-hydrogen) atoms. The predicted molar refractivity (Wildman–Crippen MR) is 551 cm³/mol. The van der Waals surface area contributed by atoms with Crippen LogP contribution in [0.4, 0.5) is 92.6 Å². The van der Waals surface area contributed by atoms with Crippen molar-refractivity contribution in [2.45, 2.75) is 48.5 Å². The predicted octanol–water partition coefficient (Wildman–Crippen LogP) is 14.8. The number of pyridine rings is 5. The van der Waals surface area contributed by atoms with Crippen LogP contribution < -0.4 is 51.1 Å². The van der Waals surface area contributed by atoms with E-state index in [0.717, 1.165) is 304 Å². The van der Waals surface area contributed by atoms with E-state index in [2.05, 4.69) is 189 Å². The first-order chi connectivity index (χ1) is 67.5. The molecule has 5 aliphatic rings. The maximum Gasteiger partial charge on any atom is 0.188 e. The molecule has 20 heterocycles. The van der Waals surface area contributed by atoms with Gasteiger partial charge < -0.3 is 66.0 Å². The Bertz CT molecular complexity index is 5750. The molecule has 20 rings (SSSR count). The van der Waals surface area contributed by atoms with Crippen molar-refractivity contribution in [1.82, 2.24) is 124 Å². The second-order valence-electron chi connectivity index (χ2n) is 32.7. The maximum absolute atomic E-state index is 12.5. The molecule has 718 valence electrons. The smallest absolute Gasteiger partial charge is 0.188 e. The lowest BCUT2D eigenvalue weighted by molar-refractivity contribution is 0.188. The van der Waals surface area contributed by atoms with Gasteiger partial charge in [0.05, 0.1) is 31.0 Å². The number of anilines is 15. The maximum atomic E-state index is 12.5. The van der Waals surface area contributed by atoms with Crippen LogP contribution in [0, 0.1) is 34.6 Å². The largest absolute Gasteiger partial charge is 0.395 e. The SMILES string of the molecule is CCN1CCN(c2cc(Nc3ncc(-c4cccnc4)s3)nc(C)n2)CC1.CCN1CCN(c2cc(Nc3ncc(-c4ccncc4)s3)nc(C)n2)CC1.Cc1nc(Nc2ncc(-c3cccnc3)s2)cc(N2CCN(CCF)CC2)n1.Cc1nc(Nc2ncc(-c3ccncc3)s2)cc(N2CCN(CCF)CC2)n1.Cc1nc(Nc2ncc(-c3ccncc3)s2)cc(N2CCN(CCO)CC2)n1. The number of rotatable bonds is 28. The summed E-state index contributed by atoms with van der Waals surface area (Å²) >= 11 is 7.89. The molecule has 0 saturated carbocycles. The van der Waals surface area contributed by atoms with E-state index in [1.54, 1.807) is 106 Å². The van der Waals surface area contributed by atoms with Crippen molar-refractivity contribution in [2.24, 2.45) is 0 Å². The summed E-state index contributed by atoms with van der Waals surface area (Å²) in [5.41, 5.74) is 5.41. The molecule has 0 radical (unpaired) electrons. The number of alkyl halides is 2. The minimum Gasteiger partial charge on any atom is -0.395 e. The molecular weight excluding hydrogens is 1850 g/mol. The quantitative estimate of drug-likeness (QED) is 0.0265. The lowest BCUT2D eigenvalue weighted by Gasteiger charge is -2.35. The van der Waals surface area contributed by atoms with Gasteiger partial charge in [0.2, 0.25) is 0 Å². The highest BCUT2D eigenvalue weighted by Gasteiger charge is 2.26. The van der Waals surface area contributed by atoms with Crippen molar-refractivity contribution in [3.05, 3.63) is 213 Å². The molecule has 0 bridgehead atoms. The van der Waals surface area contributed by atoms with Gasteiger partial charge in [0.15, 0.2) is 25.7 Å². The van der Waals surface area contributed by atoms with Crippen molar-refractivity contribution < 1.29 is 13.9 Å². The minimum absolute atomic E-state index is 0.204. The van der Waals surface area contributed by atoms with Crippen LogP contribution in [0.2, 0.25) is 0 Å². The number of halogens is 2. The second-order valence-corrected chi connectivity index (χ2v) is 37.8. The molecule has 5 aliphatic heterocycles. The first-order valence-electron chi connectivity index (χ1n) is 46.1. The Morgan fingerprint density at radius 3 is 0.725 bits per heavy atom. The number of thiazole rings is 5. The van der Waals surface area contributed by atoms with Gasteiger partial charge in [-0.3, -0.25) is 39.6 Å². The van der Waals surface area contributed by atoms with E-state index >= 15 is 0 Å². The number of aliphatic hydroxyl groups excluding tert-OH is 1. The van der Waals surface area contributed by atoms with Crippen molar-refractivity contribution in [3.8, 4) is 52.2 Å². The summed E-state index contributed by atoms with van der Waals surface area (Å²) in [6.45, 7) is 36.1. The van der Waals surface area contributed by atoms with Gasteiger partial charge in [-0.25, -0.2) is 83.5 Å². The Morgan fingerprint density at radius 1 is 0.275 bits per heavy atom. The lowest BCUT2D eigenvalue weighted by atomic mass is 10.2. The van der Waals surface area contributed by atoms with E-state index in [0.29, 0.717) is 24.7 Å². The molecule has 36 nitrogen and oxygen atoms in total. The number of hydrogen-bond acceptors (Lipinski definition) is 41. The van der Waals surface area contributed by atoms with Gasteiger partial charge in [0, 0.05) is 285 Å². The highest BCUT2D eigenvalue weighted by Crippen LogP contribution is 2.37. The van der Waals surface area contributed by atoms with E-state index in [1.807, 2.05) is 169 Å². The topological polar surface area (TPSA) is 371 Å². The number of aryl methyl sites for hydroxylation is 5. The summed E-state index contributed by atoms with van der Waals surface area (Å²) in [4.78, 5) is 117. The third-order valence-electron chi connectivity index (χ3n) is 23.2. The van der Waals surface area contributed by atoms with Gasteiger partial charge in [-0.15, -0.1) is 0 Å². The zero-order chi connectivity index (χ0) is 95.3. The molecule has 0 unspecified atom stereocenters. The Hall–Kier alpha value is -13.1. The average Bonchev–Trinajstić information content (AvgIpc) is 1.36. The van der Waals surface area contributed by atoms with Crippen LogP contribution in [0.15, 0.2) is 184 Å². The van der Waals surface area contributed by atoms with Gasteiger partial charge >= 0.3 is 0 Å². The van der Waals surface area contributed by atoms with Crippen LogP contribution in [-0.4, -0.2) is 313 Å². The van der Waals surface area contributed by atoms with Crippen LogP contribution in [0.3, 0.4) is 0 Å². The highest BCUT2D eigenvalue weighted by atomic mass is 32.1. The van der Waals surface area contributed by atoms with Gasteiger partial charge in [0.1, 0.15) is 101 Å². The molecule has 6 N–H and O–H groups in total. The molecule has 0 amide bonds. The fourth-order valence-electron chi connectivity index (χ4n) is 15.9. The van der Waals surface area contributed by atoms with Crippen LogP contribution in [0.25, 0.3) is 52.2 Å². The third kappa shape index (κ3) is 28.1. The van der Waals surface area contributed by atoms with E-state index in [9.17, 15) is 8.78 Å². The standard InChI is InChI=1S/2C19H22FN7S.C19H23N7OS.2C19H23N7S/c1-14-23-17(12-18(24-14)27-10-8-26(7-4-20)9-11-27)25-19-22-13-16(28-19)15-2-5-21-6-3-15;1-14-23-17(11-18(24-14)27-9-7-26(6-4-20)8-10-27)25-19-22-13-16(28-19)15-3-2-5-21-12-15;1-14-22-17(12-18(23-14)26-8-6-25(7-9-26)10-11-27)24-19-21-13-16(28-19)15-2-4-20-5-3-15;1-3-25-8-10-26(11-9-25)18-12-17(22-14(2)23-18)24-19-21-13-16(27-19)15-4-6-20-7-5-15;1-3-25-7-9-26(10-8-25)18-11-17(22-14(2)23-18)24-19-21-13-16(27-19)15-5-4-6-20-12-15/h2-3,5-6,12-13H,4,7-11H2,1H3,(H,22,23,24,25);2-3,5,11-13H,4,6-10H2,1H3,(H,22,23,24,25);2-5,12-13,27H,6-11H2,1H3,(H,21,22,23,24);4-7,12-13H,3,8-11H2,1-2H3,(H,21,22,23,24);4-6,11-13H,3,7-10H2,1-2H3,(H,21,22,23,24). The van der Waals surface area contributed by atoms with E-state index in [4.69, 9.17) is 5.11 Å². The highest BCUT2D eigenvalue weighted by molar-refractivity contribution is 7.20. The summed E-state index contributed by atoms with van der Waals surface area (Å²) in [6.07, 6.45) is 27.2. The van der Waals surface area contributed by atoms with Gasteiger partial charge in [-0.1, -0.05) is 82.7 Å². The zero-order valence-corrected chi connectivity index (χ0v) is 82.4. The number of aromatic nitrogens is 20. The molecular formula is C95H113F2N35OS5. The van der Waals surface area contributed by atoms with Gasteiger partial charge in [0.25, 0.3) is 0 Å². The monoisotopic (exact) mass is 1960 g/mol. The molecule has 0 aliphatic carbocycles. The number of likely N-dealkylation sites (N-methyl/N-ethyl adjacent to an activating group) is 2. The summed E-state index contributed by atoms with van der Waals surface area (Å²) in [7, 11) is 0. The van der Waals surface area contributed by atoms with Crippen molar-refractivity contribution in [2.75, 3.05) is 235 Å². The van der Waals surface area contributed by atoms with E-state index < -0.39 is 0 Å². The molecule has 0 aromatic carbocycles. The van der Waals surface area contributed by atoms with Crippen molar-refractivity contribution in [3.63, 3.8) is 0 Å². The fraction of sp³-hybridized carbons (Fsp3) is 0.368. The number of nitrogens with one attached hydrogen (secondary N) is 5. The Morgan fingerprint density at radius 2 is 0.507 bits per heavy atom. The van der Waals surface area contributed by atoms with E-state index in [-0.39, 0.29) is 20.0 Å². The number of nitrogens with zero attached hydrogens (tertiary/aromatic N) is 30. The molecule has 15 aromatic heterocycles. The van der Waals surface area contributed by atoms with Crippen LogP contribution in [-0.2, 0) is 0 Å². The number of aliphatic hydroxyl groups is 1.